The van der Waals surface area contributed by atoms with Gasteiger partial charge in [-0.05, 0) is 49.2 Å². The number of aromatic nitrogens is 2. The molecular weight excluding hydrogens is 365 g/mol. The Kier molecular flexibility index (Phi) is 5.02. The molecule has 28 heavy (non-hydrogen) atoms. The van der Waals surface area contributed by atoms with Gasteiger partial charge in [-0.3, -0.25) is 4.68 Å². The van der Waals surface area contributed by atoms with Gasteiger partial charge < -0.3 is 10.2 Å². The molecular formula is C21H23F3N4. The van der Waals surface area contributed by atoms with Crippen LogP contribution in [0.2, 0.25) is 0 Å². The molecule has 0 unspecified atom stereocenters. The smallest absolute Gasteiger partial charge is 0.159 e. The first kappa shape index (κ1) is 18.8. The minimum Gasteiger partial charge on any atom is -0.368 e. The summed E-state index contributed by atoms with van der Waals surface area (Å²) in [5, 5.41) is 7.59. The lowest BCUT2D eigenvalue weighted by Crippen LogP contribution is -2.49. The van der Waals surface area contributed by atoms with Crippen molar-refractivity contribution in [2.45, 2.75) is 25.3 Å². The average Bonchev–Trinajstić information content (AvgIpc) is 3.03. The van der Waals surface area contributed by atoms with Gasteiger partial charge in [-0.2, -0.15) is 5.10 Å². The molecule has 0 spiro atoms. The highest BCUT2D eigenvalue weighted by Crippen LogP contribution is 2.35. The number of benzene rings is 1. The summed E-state index contributed by atoms with van der Waals surface area (Å²) >= 11 is 0. The Morgan fingerprint density at radius 2 is 2.00 bits per heavy atom. The van der Waals surface area contributed by atoms with Crippen molar-refractivity contribution in [1.29, 1.82) is 0 Å². The van der Waals surface area contributed by atoms with E-state index in [0.29, 0.717) is 18.7 Å². The van der Waals surface area contributed by atoms with E-state index in [1.54, 1.807) is 30.1 Å². The first-order valence-corrected chi connectivity index (χ1v) is 9.44. The number of nitrogens with one attached hydrogen (secondary N) is 1. The van der Waals surface area contributed by atoms with Gasteiger partial charge in [-0.25, -0.2) is 13.2 Å². The fraction of sp³-hybridized carbons (Fsp3) is 0.381. The Labute approximate surface area is 162 Å². The third-order valence-corrected chi connectivity index (χ3v) is 5.66. The molecule has 0 saturated carbocycles. The van der Waals surface area contributed by atoms with Crippen LogP contribution in [-0.4, -0.2) is 40.4 Å². The molecule has 4 rings (SSSR count). The number of halogens is 3. The SMILES string of the molecule is Cc1cnn(C)c1C1=CN([C@H]2CNCC[C@@H]2c2ccc(F)c(F)c2)CC=C1F. The Morgan fingerprint density at radius 1 is 1.18 bits per heavy atom. The molecule has 0 aliphatic carbocycles. The van der Waals surface area contributed by atoms with E-state index in [1.165, 1.54) is 12.1 Å². The first-order chi connectivity index (χ1) is 13.5. The second kappa shape index (κ2) is 7.47. The molecule has 2 aliphatic heterocycles. The van der Waals surface area contributed by atoms with E-state index in [2.05, 4.69) is 15.3 Å². The van der Waals surface area contributed by atoms with Crippen LogP contribution in [0.25, 0.3) is 5.57 Å². The average molecular weight is 388 g/mol. The normalized spacial score (nSPS) is 22.8. The maximum atomic E-state index is 14.6. The Morgan fingerprint density at radius 3 is 2.71 bits per heavy atom. The molecule has 1 aromatic carbocycles. The monoisotopic (exact) mass is 388 g/mol. The Hall–Kier alpha value is -2.54. The minimum absolute atomic E-state index is 0.00601. The van der Waals surface area contributed by atoms with Crippen molar-refractivity contribution in [2.24, 2.45) is 7.05 Å². The van der Waals surface area contributed by atoms with Crippen molar-refractivity contribution < 1.29 is 13.2 Å². The van der Waals surface area contributed by atoms with Crippen LogP contribution >= 0.6 is 0 Å². The second-order valence-corrected chi connectivity index (χ2v) is 7.43. The van der Waals surface area contributed by atoms with Crippen LogP contribution in [0.15, 0.2) is 42.5 Å². The molecule has 2 aliphatic rings. The van der Waals surface area contributed by atoms with Gasteiger partial charge in [0.2, 0.25) is 0 Å². The van der Waals surface area contributed by atoms with Gasteiger partial charge in [0.05, 0.1) is 17.5 Å². The Bertz CT molecular complexity index is 928. The van der Waals surface area contributed by atoms with E-state index < -0.39 is 11.6 Å². The third kappa shape index (κ3) is 3.35. The van der Waals surface area contributed by atoms with Crippen LogP contribution < -0.4 is 5.32 Å². The second-order valence-electron chi connectivity index (χ2n) is 7.43. The molecule has 1 fully saturated rings. The number of piperidine rings is 1. The molecule has 3 heterocycles. The van der Waals surface area contributed by atoms with Crippen molar-refractivity contribution in [3.63, 3.8) is 0 Å². The summed E-state index contributed by atoms with van der Waals surface area (Å²) in [5.74, 6) is -1.92. The lowest BCUT2D eigenvalue weighted by Gasteiger charge is -2.41. The maximum Gasteiger partial charge on any atom is 0.159 e. The van der Waals surface area contributed by atoms with Crippen molar-refractivity contribution >= 4 is 5.57 Å². The fourth-order valence-electron chi connectivity index (χ4n) is 4.24. The highest BCUT2D eigenvalue weighted by Gasteiger charge is 2.32. The van der Waals surface area contributed by atoms with E-state index in [9.17, 15) is 13.2 Å². The summed E-state index contributed by atoms with van der Waals surface area (Å²) in [6.07, 6.45) is 5.92. The maximum absolute atomic E-state index is 14.6. The largest absolute Gasteiger partial charge is 0.368 e. The molecule has 1 N–H and O–H groups in total. The number of aryl methyl sites for hydroxylation is 2. The van der Waals surface area contributed by atoms with Gasteiger partial charge in [-0.1, -0.05) is 6.07 Å². The number of allylic oxidation sites excluding steroid dienone is 2. The zero-order valence-electron chi connectivity index (χ0n) is 15.9. The summed E-state index contributed by atoms with van der Waals surface area (Å²) < 4.78 is 43.5. The van der Waals surface area contributed by atoms with Crippen LogP contribution in [0.3, 0.4) is 0 Å². The van der Waals surface area contributed by atoms with Crippen molar-refractivity contribution in [2.75, 3.05) is 19.6 Å². The topological polar surface area (TPSA) is 33.1 Å². The summed E-state index contributed by atoms with van der Waals surface area (Å²) in [5.41, 5.74) is 2.91. The minimum atomic E-state index is -0.842. The van der Waals surface area contributed by atoms with Crippen LogP contribution in [0.5, 0.6) is 0 Å². The predicted molar refractivity (Wildman–Crippen MR) is 102 cm³/mol. The molecule has 0 radical (unpaired) electrons. The van der Waals surface area contributed by atoms with Crippen LogP contribution in [0, 0.1) is 18.6 Å². The summed E-state index contributed by atoms with van der Waals surface area (Å²) in [7, 11) is 1.79. The van der Waals surface area contributed by atoms with E-state index in [4.69, 9.17) is 0 Å². The summed E-state index contributed by atoms with van der Waals surface area (Å²) in [6, 6.07) is 4.12. The van der Waals surface area contributed by atoms with Gasteiger partial charge >= 0.3 is 0 Å². The molecule has 2 atom stereocenters. The highest BCUT2D eigenvalue weighted by atomic mass is 19.2. The third-order valence-electron chi connectivity index (χ3n) is 5.66. The van der Waals surface area contributed by atoms with Gasteiger partial charge in [0.1, 0.15) is 5.83 Å². The number of hydrogen-bond donors (Lipinski definition) is 1. The number of rotatable bonds is 3. The molecule has 0 amide bonds. The van der Waals surface area contributed by atoms with E-state index in [1.807, 2.05) is 13.1 Å². The van der Waals surface area contributed by atoms with Crippen LogP contribution in [0.1, 0.15) is 29.2 Å². The lowest BCUT2D eigenvalue weighted by atomic mass is 9.84. The van der Waals surface area contributed by atoms with E-state index in [-0.39, 0.29) is 17.8 Å². The zero-order chi connectivity index (χ0) is 19.8. The molecule has 148 valence electrons. The molecule has 2 aromatic rings. The quantitative estimate of drug-likeness (QED) is 0.871. The van der Waals surface area contributed by atoms with Gasteiger partial charge in [-0.15, -0.1) is 0 Å². The fourth-order valence-corrected chi connectivity index (χ4v) is 4.24. The van der Waals surface area contributed by atoms with Crippen LogP contribution in [-0.2, 0) is 7.05 Å². The molecule has 7 heteroatoms. The molecule has 1 saturated heterocycles. The number of nitrogens with zero attached hydrogens (tertiary/aromatic N) is 3. The standard InChI is InChI=1S/C21H23F3N4/c1-13-10-26-27(2)21(13)16-12-28(8-6-17(16)22)20-11-25-7-5-15(20)14-3-4-18(23)19(24)9-14/h3-4,6,9-10,12,15,20,25H,5,7-8,11H2,1-2H3/t15-,20+/m1/s1. The summed E-state index contributed by atoms with van der Waals surface area (Å²) in [4.78, 5) is 2.09. The number of hydrogen-bond acceptors (Lipinski definition) is 3. The van der Waals surface area contributed by atoms with E-state index >= 15 is 0 Å². The Balaban J connectivity index is 1.69. The molecule has 1 aromatic heterocycles. The highest BCUT2D eigenvalue weighted by molar-refractivity contribution is 5.77. The van der Waals surface area contributed by atoms with Gasteiger partial charge in [0.25, 0.3) is 0 Å². The molecule has 0 bridgehead atoms. The van der Waals surface area contributed by atoms with Crippen molar-refractivity contribution in [3.05, 3.63) is 71.0 Å². The van der Waals surface area contributed by atoms with Crippen LogP contribution in [0.4, 0.5) is 13.2 Å². The first-order valence-electron chi connectivity index (χ1n) is 9.44. The van der Waals surface area contributed by atoms with Gasteiger partial charge in [0, 0.05) is 38.3 Å². The van der Waals surface area contributed by atoms with E-state index in [0.717, 1.165) is 29.8 Å². The van der Waals surface area contributed by atoms with Crippen molar-refractivity contribution in [3.8, 4) is 0 Å². The lowest BCUT2D eigenvalue weighted by molar-refractivity contribution is 0.215. The van der Waals surface area contributed by atoms with Crippen molar-refractivity contribution in [1.82, 2.24) is 20.0 Å². The molecule has 4 nitrogen and oxygen atoms in total. The predicted octanol–water partition coefficient (Wildman–Crippen LogP) is 3.66. The zero-order valence-corrected chi connectivity index (χ0v) is 15.9. The summed E-state index contributed by atoms with van der Waals surface area (Å²) in [6.45, 7) is 3.82. The van der Waals surface area contributed by atoms with Gasteiger partial charge in [0.15, 0.2) is 11.6 Å².